The molecule has 1 aromatic rings. The molecule has 0 bridgehead atoms. The number of rotatable bonds is 2. The van der Waals surface area contributed by atoms with Crippen LogP contribution in [-0.2, 0) is 0 Å². The lowest BCUT2D eigenvalue weighted by Crippen LogP contribution is -2.23. The molecule has 0 aromatic heterocycles. The van der Waals surface area contributed by atoms with Crippen molar-refractivity contribution in [2.75, 3.05) is 20.4 Å². The molecule has 0 heterocycles. The van der Waals surface area contributed by atoms with Crippen molar-refractivity contribution in [3.8, 4) is 0 Å². The SMILES string of the molecule is CSC(=Nc1ccccc1C(=O)[O-])N(C)C. The Kier molecular flexibility index (Phi) is 4.37. The minimum absolute atomic E-state index is 0.107. The maximum absolute atomic E-state index is 10.9. The second-order valence-corrected chi connectivity index (χ2v) is 4.07. The average molecular weight is 237 g/mol. The molecule has 0 atom stereocenters. The largest absolute Gasteiger partial charge is 0.545 e. The summed E-state index contributed by atoms with van der Waals surface area (Å²) in [6, 6.07) is 6.55. The number of carbonyl (C=O) groups excluding carboxylic acids is 1. The molecule has 86 valence electrons. The van der Waals surface area contributed by atoms with Crippen molar-refractivity contribution in [2.24, 2.45) is 4.99 Å². The van der Waals surface area contributed by atoms with Gasteiger partial charge in [-0.3, -0.25) is 0 Å². The third-order valence-corrected chi connectivity index (χ3v) is 2.73. The van der Waals surface area contributed by atoms with Crippen LogP contribution in [0.3, 0.4) is 0 Å². The number of thioether (sulfide) groups is 1. The van der Waals surface area contributed by atoms with E-state index in [1.165, 1.54) is 17.8 Å². The molecule has 16 heavy (non-hydrogen) atoms. The van der Waals surface area contributed by atoms with Crippen LogP contribution in [0.1, 0.15) is 10.4 Å². The molecule has 0 aliphatic heterocycles. The summed E-state index contributed by atoms with van der Waals surface area (Å²) >= 11 is 1.46. The van der Waals surface area contributed by atoms with E-state index >= 15 is 0 Å². The first-order valence-corrected chi connectivity index (χ1v) is 5.89. The molecule has 0 N–H and O–H groups in total. The highest BCUT2D eigenvalue weighted by Crippen LogP contribution is 2.20. The van der Waals surface area contributed by atoms with E-state index in [2.05, 4.69) is 4.99 Å². The first-order chi connectivity index (χ1) is 7.56. The number of hydrogen-bond acceptors (Lipinski definition) is 4. The number of carboxylic acid groups (broad SMARTS) is 1. The van der Waals surface area contributed by atoms with E-state index in [1.54, 1.807) is 18.2 Å². The lowest BCUT2D eigenvalue weighted by molar-refractivity contribution is -0.254. The normalized spacial score (nSPS) is 11.3. The predicted octanol–water partition coefficient (Wildman–Crippen LogP) is 0.962. The molecule has 0 unspecified atom stereocenters. The fourth-order valence-electron chi connectivity index (χ4n) is 1.18. The van der Waals surface area contributed by atoms with Crippen molar-refractivity contribution < 1.29 is 9.90 Å². The minimum atomic E-state index is -1.21. The summed E-state index contributed by atoms with van der Waals surface area (Å²) < 4.78 is 0. The van der Waals surface area contributed by atoms with Crippen molar-refractivity contribution >= 4 is 28.6 Å². The second kappa shape index (κ2) is 5.55. The zero-order chi connectivity index (χ0) is 12.1. The summed E-state index contributed by atoms with van der Waals surface area (Å²) in [6.07, 6.45) is 1.89. The van der Waals surface area contributed by atoms with E-state index in [0.717, 1.165) is 5.17 Å². The standard InChI is InChI=1S/C11H14N2O2S/c1-13(2)11(16-3)12-9-7-5-4-6-8(9)10(14)15/h4-7H,1-3H3,(H,14,15)/p-1. The molecule has 0 aliphatic rings. The van der Waals surface area contributed by atoms with Crippen molar-refractivity contribution in [1.82, 2.24) is 4.90 Å². The summed E-state index contributed by atoms with van der Waals surface area (Å²) in [7, 11) is 3.72. The van der Waals surface area contributed by atoms with Crippen LogP contribution in [-0.4, -0.2) is 36.4 Å². The number of para-hydroxylation sites is 1. The molecule has 5 heteroatoms. The van der Waals surface area contributed by atoms with Gasteiger partial charge < -0.3 is 14.8 Å². The van der Waals surface area contributed by atoms with E-state index in [0.29, 0.717) is 5.69 Å². The zero-order valence-electron chi connectivity index (χ0n) is 9.43. The van der Waals surface area contributed by atoms with Crippen molar-refractivity contribution in [2.45, 2.75) is 0 Å². The van der Waals surface area contributed by atoms with Gasteiger partial charge in [0, 0.05) is 19.7 Å². The predicted molar refractivity (Wildman–Crippen MR) is 65.1 cm³/mol. The molecule has 4 nitrogen and oxygen atoms in total. The lowest BCUT2D eigenvalue weighted by atomic mass is 10.2. The summed E-state index contributed by atoms with van der Waals surface area (Å²) in [6.45, 7) is 0. The van der Waals surface area contributed by atoms with E-state index in [-0.39, 0.29) is 5.56 Å². The number of aliphatic imine (C=N–C) groups is 1. The number of carboxylic acids is 1. The third-order valence-electron chi connectivity index (χ3n) is 1.91. The van der Waals surface area contributed by atoms with Gasteiger partial charge in [0.05, 0.1) is 11.7 Å². The molecule has 0 aliphatic carbocycles. The molecular weight excluding hydrogens is 224 g/mol. The molecule has 0 radical (unpaired) electrons. The lowest BCUT2D eigenvalue weighted by Gasteiger charge is -2.14. The van der Waals surface area contributed by atoms with Crippen molar-refractivity contribution in [3.05, 3.63) is 29.8 Å². The summed E-state index contributed by atoms with van der Waals surface area (Å²) in [5.74, 6) is -1.21. The molecule has 0 fully saturated rings. The molecule has 0 amide bonds. The Morgan fingerprint density at radius 2 is 2.00 bits per heavy atom. The molecular formula is C11H13N2O2S-. The van der Waals surface area contributed by atoms with E-state index in [1.807, 2.05) is 25.3 Å². The van der Waals surface area contributed by atoms with Crippen LogP contribution in [0, 0.1) is 0 Å². The van der Waals surface area contributed by atoms with Gasteiger partial charge in [0.25, 0.3) is 0 Å². The van der Waals surface area contributed by atoms with E-state index in [4.69, 9.17) is 0 Å². The van der Waals surface area contributed by atoms with Gasteiger partial charge in [-0.25, -0.2) is 4.99 Å². The Morgan fingerprint density at radius 3 is 2.50 bits per heavy atom. The van der Waals surface area contributed by atoms with Gasteiger partial charge in [0.2, 0.25) is 0 Å². The first-order valence-electron chi connectivity index (χ1n) is 4.66. The maximum atomic E-state index is 10.9. The summed E-state index contributed by atoms with van der Waals surface area (Å²) in [4.78, 5) is 17.0. The Labute approximate surface area is 99.0 Å². The fraction of sp³-hybridized carbons (Fsp3) is 0.273. The monoisotopic (exact) mass is 237 g/mol. The van der Waals surface area contributed by atoms with Gasteiger partial charge in [-0.05, 0) is 12.3 Å². The highest BCUT2D eigenvalue weighted by Gasteiger charge is 2.04. The number of aromatic carboxylic acids is 1. The van der Waals surface area contributed by atoms with Gasteiger partial charge in [0.1, 0.15) is 0 Å². The zero-order valence-corrected chi connectivity index (χ0v) is 10.2. The average Bonchev–Trinajstić information content (AvgIpc) is 2.25. The maximum Gasteiger partial charge on any atom is 0.163 e. The number of benzene rings is 1. The van der Waals surface area contributed by atoms with Gasteiger partial charge in [0.15, 0.2) is 5.17 Å². The van der Waals surface area contributed by atoms with Gasteiger partial charge in [-0.2, -0.15) is 0 Å². The number of carbonyl (C=O) groups is 1. The Bertz CT molecular complexity index is 416. The smallest absolute Gasteiger partial charge is 0.163 e. The van der Waals surface area contributed by atoms with Crippen LogP contribution in [0.15, 0.2) is 29.3 Å². The van der Waals surface area contributed by atoms with Crippen LogP contribution in [0.4, 0.5) is 5.69 Å². The first kappa shape index (κ1) is 12.6. The number of amidine groups is 1. The van der Waals surface area contributed by atoms with Gasteiger partial charge in [-0.15, -0.1) is 0 Å². The van der Waals surface area contributed by atoms with Crippen molar-refractivity contribution in [3.63, 3.8) is 0 Å². The topological polar surface area (TPSA) is 55.7 Å². The second-order valence-electron chi connectivity index (χ2n) is 3.30. The van der Waals surface area contributed by atoms with Crippen LogP contribution in [0.25, 0.3) is 0 Å². The quantitative estimate of drug-likeness (QED) is 0.568. The van der Waals surface area contributed by atoms with Crippen molar-refractivity contribution in [1.29, 1.82) is 0 Å². The van der Waals surface area contributed by atoms with Crippen LogP contribution < -0.4 is 5.11 Å². The van der Waals surface area contributed by atoms with E-state index < -0.39 is 5.97 Å². The fourth-order valence-corrected chi connectivity index (χ4v) is 1.73. The highest BCUT2D eigenvalue weighted by molar-refractivity contribution is 8.13. The van der Waals surface area contributed by atoms with Crippen LogP contribution in [0.2, 0.25) is 0 Å². The third kappa shape index (κ3) is 3.00. The van der Waals surface area contributed by atoms with Crippen LogP contribution in [0.5, 0.6) is 0 Å². The Hall–Kier alpha value is -1.49. The number of nitrogens with zero attached hydrogens (tertiary/aromatic N) is 2. The Morgan fingerprint density at radius 1 is 1.38 bits per heavy atom. The molecule has 1 aromatic carbocycles. The minimum Gasteiger partial charge on any atom is -0.545 e. The van der Waals surface area contributed by atoms with Gasteiger partial charge >= 0.3 is 0 Å². The highest BCUT2D eigenvalue weighted by atomic mass is 32.2. The molecule has 1 rings (SSSR count). The van der Waals surface area contributed by atoms with Gasteiger partial charge in [-0.1, -0.05) is 30.0 Å². The molecule has 0 saturated heterocycles. The van der Waals surface area contributed by atoms with E-state index in [9.17, 15) is 9.90 Å². The Balaban J connectivity index is 3.18. The number of hydrogen-bond donors (Lipinski definition) is 0. The summed E-state index contributed by atoms with van der Waals surface area (Å²) in [5.41, 5.74) is 0.524. The molecule has 0 saturated carbocycles. The summed E-state index contributed by atoms with van der Waals surface area (Å²) in [5, 5.41) is 11.6. The van der Waals surface area contributed by atoms with Crippen LogP contribution >= 0.6 is 11.8 Å². The molecule has 0 spiro atoms.